The molecule has 0 fully saturated rings. The quantitative estimate of drug-likeness (QED) is 0.290. The number of rotatable bonds is 5. The lowest BCUT2D eigenvalue weighted by atomic mass is 10.2. The van der Waals surface area contributed by atoms with Gasteiger partial charge in [0.05, 0.1) is 18.4 Å². The van der Waals surface area contributed by atoms with Crippen molar-refractivity contribution in [2.75, 3.05) is 12.4 Å². The van der Waals surface area contributed by atoms with Crippen LogP contribution in [-0.2, 0) is 9.53 Å². The molecule has 6 nitrogen and oxygen atoms in total. The van der Waals surface area contributed by atoms with Crippen LogP contribution in [0.1, 0.15) is 24.2 Å². The van der Waals surface area contributed by atoms with Gasteiger partial charge in [0.2, 0.25) is 9.70 Å². The van der Waals surface area contributed by atoms with Crippen molar-refractivity contribution >= 4 is 69.7 Å². The maximum atomic E-state index is 11.9. The highest BCUT2D eigenvalue weighted by Gasteiger charge is 2.35. The Morgan fingerprint density at radius 1 is 1.16 bits per heavy atom. The minimum absolute atomic E-state index is 0.0525. The molecule has 138 valence electrons. The summed E-state index contributed by atoms with van der Waals surface area (Å²) in [5, 5.41) is 8.15. The third kappa shape index (κ3) is 6.86. The number of anilines is 1. The maximum absolute atomic E-state index is 11.9. The lowest BCUT2D eigenvalue weighted by Crippen LogP contribution is -2.56. The van der Waals surface area contributed by atoms with Crippen molar-refractivity contribution in [3.63, 3.8) is 0 Å². The summed E-state index contributed by atoms with van der Waals surface area (Å²) in [6.45, 7) is 3.40. The van der Waals surface area contributed by atoms with Gasteiger partial charge in [-0.2, -0.15) is 0 Å². The first-order chi connectivity index (χ1) is 11.6. The number of methoxy groups -OCH3 is 1. The molecule has 0 heterocycles. The van der Waals surface area contributed by atoms with E-state index in [9.17, 15) is 9.59 Å². The standard InChI is InChI=1S/C15H18Cl3N3O3S/c1-8(2)11(22)20-13(15(16,17)18)21-14(25)19-10-7-5-4-6-9(10)12(23)24-3/h4-8,13H,1-3H3,(H,20,22)(H2,19,21,25)/t13-/m0/s1. The molecule has 0 aliphatic carbocycles. The Kier molecular flexibility index (Phi) is 8.21. The Balaban J connectivity index is 2.89. The summed E-state index contributed by atoms with van der Waals surface area (Å²) in [5.74, 6) is -1.16. The highest BCUT2D eigenvalue weighted by atomic mass is 35.6. The summed E-state index contributed by atoms with van der Waals surface area (Å²) in [7, 11) is 1.27. The molecule has 1 aromatic carbocycles. The predicted molar refractivity (Wildman–Crippen MR) is 104 cm³/mol. The molecule has 1 amide bonds. The Hall–Kier alpha value is -1.28. The Morgan fingerprint density at radius 3 is 2.28 bits per heavy atom. The summed E-state index contributed by atoms with van der Waals surface area (Å²) >= 11 is 22.9. The minimum Gasteiger partial charge on any atom is -0.465 e. The van der Waals surface area contributed by atoms with E-state index in [0.29, 0.717) is 5.69 Å². The molecule has 0 saturated carbocycles. The van der Waals surface area contributed by atoms with Crippen LogP contribution in [0, 0.1) is 5.92 Å². The molecule has 0 radical (unpaired) electrons. The topological polar surface area (TPSA) is 79.5 Å². The van der Waals surface area contributed by atoms with Gasteiger partial charge in [0.15, 0.2) is 5.11 Å². The molecule has 0 aliphatic heterocycles. The van der Waals surface area contributed by atoms with Gasteiger partial charge in [-0.05, 0) is 24.4 Å². The number of carbonyl (C=O) groups is 2. The number of nitrogens with one attached hydrogen (secondary N) is 3. The second-order valence-corrected chi connectivity index (χ2v) is 8.05. The summed E-state index contributed by atoms with van der Waals surface area (Å²) in [4.78, 5) is 23.6. The zero-order chi connectivity index (χ0) is 19.2. The largest absolute Gasteiger partial charge is 0.465 e. The van der Waals surface area contributed by atoms with Crippen molar-refractivity contribution in [3.8, 4) is 0 Å². The number of para-hydroxylation sites is 1. The fraction of sp³-hybridized carbons (Fsp3) is 0.400. The number of ether oxygens (including phenoxy) is 1. The van der Waals surface area contributed by atoms with Gasteiger partial charge in [-0.1, -0.05) is 60.8 Å². The monoisotopic (exact) mass is 425 g/mol. The average molecular weight is 427 g/mol. The molecule has 1 rings (SSSR count). The number of benzene rings is 1. The fourth-order valence-electron chi connectivity index (χ4n) is 1.68. The van der Waals surface area contributed by atoms with Crippen molar-refractivity contribution < 1.29 is 14.3 Å². The first-order valence-electron chi connectivity index (χ1n) is 7.18. The summed E-state index contributed by atoms with van der Waals surface area (Å²) < 4.78 is 2.86. The van der Waals surface area contributed by atoms with Gasteiger partial charge in [-0.15, -0.1) is 0 Å². The van der Waals surface area contributed by atoms with E-state index < -0.39 is 15.9 Å². The normalized spacial score (nSPS) is 12.3. The van der Waals surface area contributed by atoms with Crippen molar-refractivity contribution in [1.29, 1.82) is 0 Å². The van der Waals surface area contributed by atoms with E-state index in [1.807, 2.05) is 0 Å². The number of alkyl halides is 3. The number of esters is 1. The van der Waals surface area contributed by atoms with Crippen LogP contribution in [0.4, 0.5) is 5.69 Å². The third-order valence-corrected chi connectivity index (χ3v) is 3.87. The van der Waals surface area contributed by atoms with Gasteiger partial charge in [0.1, 0.15) is 6.17 Å². The van der Waals surface area contributed by atoms with E-state index >= 15 is 0 Å². The van der Waals surface area contributed by atoms with Crippen LogP contribution >= 0.6 is 47.0 Å². The number of hydrogen-bond donors (Lipinski definition) is 3. The number of amides is 1. The third-order valence-electron chi connectivity index (χ3n) is 2.99. The summed E-state index contributed by atoms with van der Waals surface area (Å²) in [6, 6.07) is 6.60. The maximum Gasteiger partial charge on any atom is 0.339 e. The highest BCUT2D eigenvalue weighted by molar-refractivity contribution is 7.80. The van der Waals surface area contributed by atoms with E-state index in [4.69, 9.17) is 51.8 Å². The molecule has 0 aliphatic rings. The van der Waals surface area contributed by atoms with Gasteiger partial charge in [0.25, 0.3) is 0 Å². The Labute approximate surface area is 166 Å². The molecule has 0 saturated heterocycles. The van der Waals surface area contributed by atoms with E-state index in [1.54, 1.807) is 38.1 Å². The minimum atomic E-state index is -1.85. The Bertz CT molecular complexity index is 650. The van der Waals surface area contributed by atoms with Crippen molar-refractivity contribution in [2.24, 2.45) is 5.92 Å². The van der Waals surface area contributed by atoms with Crippen molar-refractivity contribution in [2.45, 2.75) is 23.8 Å². The van der Waals surface area contributed by atoms with Crippen LogP contribution < -0.4 is 16.0 Å². The predicted octanol–water partition coefficient (Wildman–Crippen LogP) is 3.23. The van der Waals surface area contributed by atoms with Crippen LogP contribution in [0.25, 0.3) is 0 Å². The zero-order valence-electron chi connectivity index (χ0n) is 13.7. The van der Waals surface area contributed by atoms with Gasteiger partial charge < -0.3 is 20.7 Å². The summed E-state index contributed by atoms with van der Waals surface area (Å²) in [6.07, 6.45) is -1.07. The molecule has 3 N–H and O–H groups in total. The van der Waals surface area contributed by atoms with Crippen LogP contribution in [0.2, 0.25) is 0 Å². The molecule has 0 unspecified atom stereocenters. The lowest BCUT2D eigenvalue weighted by molar-refractivity contribution is -0.124. The van der Waals surface area contributed by atoms with Crippen molar-refractivity contribution in [1.82, 2.24) is 10.6 Å². The second kappa shape index (κ2) is 9.43. The number of halogens is 3. The van der Waals surface area contributed by atoms with E-state index in [1.165, 1.54) is 7.11 Å². The van der Waals surface area contributed by atoms with Gasteiger partial charge >= 0.3 is 5.97 Å². The van der Waals surface area contributed by atoms with E-state index in [-0.39, 0.29) is 22.5 Å². The molecule has 10 heteroatoms. The van der Waals surface area contributed by atoms with Gasteiger partial charge in [0, 0.05) is 5.92 Å². The second-order valence-electron chi connectivity index (χ2n) is 5.27. The molecule has 1 atom stereocenters. The Morgan fingerprint density at radius 2 is 1.76 bits per heavy atom. The first kappa shape index (κ1) is 21.8. The molecular weight excluding hydrogens is 409 g/mol. The molecular formula is C15H18Cl3N3O3S. The van der Waals surface area contributed by atoms with Crippen LogP contribution in [-0.4, -0.2) is 34.1 Å². The molecule has 0 aromatic heterocycles. The smallest absolute Gasteiger partial charge is 0.339 e. The fourth-order valence-corrected chi connectivity index (χ4v) is 2.23. The highest BCUT2D eigenvalue weighted by Crippen LogP contribution is 2.29. The van der Waals surface area contributed by atoms with Crippen LogP contribution in [0.3, 0.4) is 0 Å². The van der Waals surface area contributed by atoms with Gasteiger partial charge in [-0.3, -0.25) is 4.79 Å². The summed E-state index contributed by atoms with van der Waals surface area (Å²) in [5.41, 5.74) is 0.691. The van der Waals surface area contributed by atoms with E-state index in [2.05, 4.69) is 16.0 Å². The van der Waals surface area contributed by atoms with Crippen LogP contribution in [0.15, 0.2) is 24.3 Å². The first-order valence-corrected chi connectivity index (χ1v) is 8.72. The number of thiocarbonyl (C=S) groups is 1. The van der Waals surface area contributed by atoms with E-state index in [0.717, 1.165) is 0 Å². The molecule has 1 aromatic rings. The molecule has 0 bridgehead atoms. The van der Waals surface area contributed by atoms with Gasteiger partial charge in [-0.25, -0.2) is 4.79 Å². The van der Waals surface area contributed by atoms with Crippen LogP contribution in [0.5, 0.6) is 0 Å². The molecule has 25 heavy (non-hydrogen) atoms. The number of hydrogen-bond acceptors (Lipinski definition) is 4. The SMILES string of the molecule is COC(=O)c1ccccc1NC(=S)N[C@H](NC(=O)C(C)C)C(Cl)(Cl)Cl. The number of carbonyl (C=O) groups excluding carboxylic acids is 2. The lowest BCUT2D eigenvalue weighted by Gasteiger charge is -2.28. The zero-order valence-corrected chi connectivity index (χ0v) is 16.8. The average Bonchev–Trinajstić information content (AvgIpc) is 2.52. The van der Waals surface area contributed by atoms with Crippen molar-refractivity contribution in [3.05, 3.63) is 29.8 Å². The molecule has 0 spiro atoms.